The van der Waals surface area contributed by atoms with E-state index in [9.17, 15) is 9.59 Å². The molecule has 0 bridgehead atoms. The van der Waals surface area contributed by atoms with E-state index in [1.807, 2.05) is 54.6 Å². The third-order valence-electron chi connectivity index (χ3n) is 5.98. The number of halogens is 1. The van der Waals surface area contributed by atoms with Crippen LogP contribution in [0.5, 0.6) is 5.75 Å². The molecule has 1 aliphatic heterocycles. The van der Waals surface area contributed by atoms with Crippen molar-refractivity contribution in [2.45, 2.75) is 25.6 Å². The lowest BCUT2D eigenvalue weighted by Crippen LogP contribution is -2.54. The molecule has 7 nitrogen and oxygen atoms in total. The van der Waals surface area contributed by atoms with Crippen LogP contribution in [0.3, 0.4) is 0 Å². The molecule has 0 saturated carbocycles. The predicted octanol–water partition coefficient (Wildman–Crippen LogP) is 3.66. The van der Waals surface area contributed by atoms with Gasteiger partial charge in [0, 0.05) is 16.6 Å². The standard InChI is InChI=1S/C25H27BrN4O3/c1-15(27-2)24(31)29-21-13-28-20-6-4-5-7-22(20)30(25(21)32)14-19-18-10-9-17(26)12-16(18)8-11-23(19)33-3/h4-12,15,21,27-28H,13-14H2,1-3H3,(H,29,31)/t15-,21-/m0/s1. The van der Waals surface area contributed by atoms with E-state index < -0.39 is 12.1 Å². The smallest absolute Gasteiger partial charge is 0.251 e. The Balaban J connectivity index is 1.77. The molecule has 0 fully saturated rings. The van der Waals surface area contributed by atoms with Gasteiger partial charge in [0.25, 0.3) is 5.91 Å². The summed E-state index contributed by atoms with van der Waals surface area (Å²) in [6, 6.07) is 16.5. The van der Waals surface area contributed by atoms with E-state index in [1.165, 1.54) is 0 Å². The number of rotatable bonds is 6. The lowest BCUT2D eigenvalue weighted by molar-refractivity contribution is -0.128. The highest BCUT2D eigenvalue weighted by Crippen LogP contribution is 2.35. The summed E-state index contributed by atoms with van der Waals surface area (Å²) < 4.78 is 6.65. The van der Waals surface area contributed by atoms with Crippen molar-refractivity contribution < 1.29 is 14.3 Å². The van der Waals surface area contributed by atoms with Crippen molar-refractivity contribution in [1.29, 1.82) is 0 Å². The lowest BCUT2D eigenvalue weighted by atomic mass is 10.0. The molecule has 1 heterocycles. The molecule has 0 spiro atoms. The Hall–Kier alpha value is -3.10. The van der Waals surface area contributed by atoms with E-state index in [-0.39, 0.29) is 11.8 Å². The molecule has 8 heteroatoms. The Labute approximate surface area is 201 Å². The summed E-state index contributed by atoms with van der Waals surface area (Å²) in [5, 5.41) is 11.2. The van der Waals surface area contributed by atoms with E-state index in [4.69, 9.17) is 4.74 Å². The molecule has 0 saturated heterocycles. The average molecular weight is 511 g/mol. The maximum atomic E-state index is 13.8. The van der Waals surface area contributed by atoms with Crippen LogP contribution in [-0.2, 0) is 16.1 Å². The molecule has 0 aromatic heterocycles. The monoisotopic (exact) mass is 510 g/mol. The Kier molecular flexibility index (Phi) is 6.85. The first-order valence-electron chi connectivity index (χ1n) is 10.8. The van der Waals surface area contributed by atoms with Gasteiger partial charge in [-0.3, -0.25) is 9.59 Å². The molecular weight excluding hydrogens is 484 g/mol. The molecule has 4 rings (SSSR count). The zero-order chi connectivity index (χ0) is 23.5. The van der Waals surface area contributed by atoms with Crippen LogP contribution in [0.1, 0.15) is 12.5 Å². The van der Waals surface area contributed by atoms with Crippen molar-refractivity contribution in [1.82, 2.24) is 10.6 Å². The topological polar surface area (TPSA) is 82.7 Å². The minimum atomic E-state index is -0.712. The van der Waals surface area contributed by atoms with Gasteiger partial charge in [-0.25, -0.2) is 0 Å². The molecule has 33 heavy (non-hydrogen) atoms. The van der Waals surface area contributed by atoms with E-state index in [0.717, 1.165) is 32.2 Å². The molecule has 0 radical (unpaired) electrons. The van der Waals surface area contributed by atoms with Gasteiger partial charge in [0.2, 0.25) is 5.91 Å². The first kappa shape index (κ1) is 23.1. The Bertz CT molecular complexity index is 1200. The number of benzene rings is 3. The second-order valence-corrected chi connectivity index (χ2v) is 8.92. The van der Waals surface area contributed by atoms with Crippen LogP contribution in [0.15, 0.2) is 59.1 Å². The summed E-state index contributed by atoms with van der Waals surface area (Å²) in [5.74, 6) is 0.299. The summed E-state index contributed by atoms with van der Waals surface area (Å²) in [5.41, 5.74) is 2.50. The zero-order valence-electron chi connectivity index (χ0n) is 18.8. The van der Waals surface area contributed by atoms with Crippen molar-refractivity contribution in [2.75, 3.05) is 30.9 Å². The first-order valence-corrected chi connectivity index (χ1v) is 11.6. The van der Waals surface area contributed by atoms with E-state index in [0.29, 0.717) is 18.8 Å². The number of carbonyl (C=O) groups excluding carboxylic acids is 2. The van der Waals surface area contributed by atoms with Gasteiger partial charge in [-0.15, -0.1) is 0 Å². The van der Waals surface area contributed by atoms with Crippen LogP contribution in [0.2, 0.25) is 0 Å². The summed E-state index contributed by atoms with van der Waals surface area (Å²) in [4.78, 5) is 28.0. The normalized spacial score (nSPS) is 16.5. The van der Waals surface area contributed by atoms with Gasteiger partial charge < -0.3 is 25.6 Å². The van der Waals surface area contributed by atoms with Crippen LogP contribution < -0.4 is 25.6 Å². The fourth-order valence-electron chi connectivity index (χ4n) is 4.03. The van der Waals surface area contributed by atoms with Crippen molar-refractivity contribution >= 4 is 49.9 Å². The fourth-order valence-corrected chi connectivity index (χ4v) is 4.40. The largest absolute Gasteiger partial charge is 0.496 e. The summed E-state index contributed by atoms with van der Waals surface area (Å²) in [7, 11) is 3.34. The molecule has 172 valence electrons. The molecule has 0 unspecified atom stereocenters. The number of fused-ring (bicyclic) bond motifs is 2. The Morgan fingerprint density at radius 3 is 2.79 bits per heavy atom. The Morgan fingerprint density at radius 1 is 1.24 bits per heavy atom. The summed E-state index contributed by atoms with van der Waals surface area (Å²) in [6.07, 6.45) is 0. The highest BCUT2D eigenvalue weighted by atomic mass is 79.9. The molecule has 2 atom stereocenters. The minimum absolute atomic E-state index is 0.180. The predicted molar refractivity (Wildman–Crippen MR) is 135 cm³/mol. The number of para-hydroxylation sites is 2. The number of carbonyl (C=O) groups is 2. The van der Waals surface area contributed by atoms with E-state index in [2.05, 4.69) is 31.9 Å². The molecule has 0 aliphatic carbocycles. The van der Waals surface area contributed by atoms with Crippen molar-refractivity contribution in [3.63, 3.8) is 0 Å². The molecule has 3 aromatic rings. The molecule has 3 N–H and O–H groups in total. The third-order valence-corrected chi connectivity index (χ3v) is 6.48. The van der Waals surface area contributed by atoms with Gasteiger partial charge >= 0.3 is 0 Å². The quantitative estimate of drug-likeness (QED) is 0.471. The number of ether oxygens (including phenoxy) is 1. The minimum Gasteiger partial charge on any atom is -0.496 e. The number of amides is 2. The van der Waals surface area contributed by atoms with Crippen molar-refractivity contribution in [3.05, 3.63) is 64.6 Å². The van der Waals surface area contributed by atoms with Crippen molar-refractivity contribution in [3.8, 4) is 5.75 Å². The van der Waals surface area contributed by atoms with Crippen LogP contribution >= 0.6 is 15.9 Å². The highest BCUT2D eigenvalue weighted by Gasteiger charge is 2.33. The lowest BCUT2D eigenvalue weighted by Gasteiger charge is -2.27. The van der Waals surface area contributed by atoms with E-state index >= 15 is 0 Å². The fraction of sp³-hybridized carbons (Fsp3) is 0.280. The number of likely N-dealkylation sites (N-methyl/N-ethyl adjacent to an activating group) is 1. The maximum Gasteiger partial charge on any atom is 0.251 e. The second-order valence-electron chi connectivity index (χ2n) is 8.01. The van der Waals surface area contributed by atoms with Gasteiger partial charge in [0.1, 0.15) is 11.8 Å². The van der Waals surface area contributed by atoms with Crippen molar-refractivity contribution in [2.24, 2.45) is 0 Å². The van der Waals surface area contributed by atoms with Gasteiger partial charge in [0.05, 0.1) is 31.1 Å². The average Bonchev–Trinajstić information content (AvgIpc) is 2.95. The number of anilines is 2. The number of hydrogen-bond acceptors (Lipinski definition) is 5. The summed E-state index contributed by atoms with van der Waals surface area (Å²) >= 11 is 3.53. The van der Waals surface area contributed by atoms with Crippen LogP contribution in [0, 0.1) is 0 Å². The molecule has 1 aliphatic rings. The van der Waals surface area contributed by atoms with Gasteiger partial charge in [-0.2, -0.15) is 0 Å². The summed E-state index contributed by atoms with van der Waals surface area (Å²) in [6.45, 7) is 2.36. The van der Waals surface area contributed by atoms with Crippen LogP contribution in [0.25, 0.3) is 10.8 Å². The molecule has 2 amide bonds. The van der Waals surface area contributed by atoms with Crippen LogP contribution in [0.4, 0.5) is 11.4 Å². The van der Waals surface area contributed by atoms with E-state index in [1.54, 1.807) is 26.0 Å². The molecular formula is C25H27BrN4O3. The molecule has 3 aromatic carbocycles. The highest BCUT2D eigenvalue weighted by molar-refractivity contribution is 9.10. The van der Waals surface area contributed by atoms with Gasteiger partial charge in [-0.05, 0) is 55.1 Å². The SMILES string of the molecule is CN[C@@H](C)C(=O)N[C@H]1CNc2ccccc2N(Cc2c(OC)ccc3cc(Br)ccc23)C1=O. The Morgan fingerprint density at radius 2 is 2.03 bits per heavy atom. The number of methoxy groups -OCH3 is 1. The second kappa shape index (κ2) is 9.80. The maximum absolute atomic E-state index is 13.8. The first-order chi connectivity index (χ1) is 15.9. The zero-order valence-corrected chi connectivity index (χ0v) is 20.4. The van der Waals surface area contributed by atoms with Gasteiger partial charge in [0.15, 0.2) is 0 Å². The third kappa shape index (κ3) is 4.67. The number of hydrogen-bond donors (Lipinski definition) is 3. The van der Waals surface area contributed by atoms with Crippen LogP contribution in [-0.4, -0.2) is 44.6 Å². The van der Waals surface area contributed by atoms with Gasteiger partial charge in [-0.1, -0.05) is 40.2 Å². The number of nitrogens with one attached hydrogen (secondary N) is 3. The number of nitrogens with zero attached hydrogens (tertiary/aromatic N) is 1.